The standard InChI is InChI=1S/C30H38S/c1-3-9-21(10-4-1)23-17-19-27-25(23)13-7-15-29(27)31-30-16-8-14-26-24(18-20-28(26)30)22-11-5-2-6-12-22/h1-6,9-12,23-30H,7-8,13-20H2. The molecule has 8 unspecified atom stereocenters. The zero-order valence-corrected chi connectivity index (χ0v) is 19.7. The summed E-state index contributed by atoms with van der Waals surface area (Å²) in [6.07, 6.45) is 14.7. The lowest BCUT2D eigenvalue weighted by atomic mass is 9.75. The van der Waals surface area contributed by atoms with Gasteiger partial charge in [-0.2, -0.15) is 11.8 Å². The van der Waals surface area contributed by atoms with Gasteiger partial charge in [0.05, 0.1) is 0 Å². The number of hydrogen-bond donors (Lipinski definition) is 0. The number of hydrogen-bond acceptors (Lipinski definition) is 1. The molecule has 0 saturated heterocycles. The van der Waals surface area contributed by atoms with E-state index in [4.69, 9.17) is 0 Å². The maximum absolute atomic E-state index is 2.49. The van der Waals surface area contributed by atoms with Crippen LogP contribution in [0.1, 0.15) is 87.2 Å². The van der Waals surface area contributed by atoms with Gasteiger partial charge in [0.1, 0.15) is 0 Å². The predicted octanol–water partition coefficient (Wildman–Crippen LogP) is 8.44. The third-order valence-corrected chi connectivity index (χ3v) is 11.4. The summed E-state index contributed by atoms with van der Waals surface area (Å²) in [4.78, 5) is 0. The molecule has 2 aromatic carbocycles. The fourth-order valence-electron chi connectivity index (χ4n) is 8.28. The van der Waals surface area contributed by atoms with Gasteiger partial charge >= 0.3 is 0 Å². The average molecular weight is 431 g/mol. The van der Waals surface area contributed by atoms with Crippen LogP contribution < -0.4 is 0 Å². The molecule has 0 N–H and O–H groups in total. The van der Waals surface area contributed by atoms with Crippen LogP contribution >= 0.6 is 11.8 Å². The van der Waals surface area contributed by atoms with Crippen molar-refractivity contribution >= 4 is 11.8 Å². The van der Waals surface area contributed by atoms with Crippen molar-refractivity contribution in [1.82, 2.24) is 0 Å². The minimum absolute atomic E-state index is 0.836. The van der Waals surface area contributed by atoms with Gasteiger partial charge in [-0.05, 0) is 98.0 Å². The van der Waals surface area contributed by atoms with Gasteiger partial charge in [-0.3, -0.25) is 0 Å². The highest BCUT2D eigenvalue weighted by Crippen LogP contribution is 2.58. The average Bonchev–Trinajstić information content (AvgIpc) is 3.46. The van der Waals surface area contributed by atoms with Crippen molar-refractivity contribution < 1.29 is 0 Å². The predicted molar refractivity (Wildman–Crippen MR) is 134 cm³/mol. The van der Waals surface area contributed by atoms with Gasteiger partial charge in [0, 0.05) is 10.5 Å². The molecule has 0 bridgehead atoms. The molecule has 4 aliphatic rings. The second-order valence-electron chi connectivity index (χ2n) is 10.9. The lowest BCUT2D eigenvalue weighted by molar-refractivity contribution is 0.255. The Morgan fingerprint density at radius 1 is 0.452 bits per heavy atom. The van der Waals surface area contributed by atoms with E-state index in [1.54, 1.807) is 11.1 Å². The van der Waals surface area contributed by atoms with Gasteiger partial charge in [0.25, 0.3) is 0 Å². The van der Waals surface area contributed by atoms with Gasteiger partial charge in [-0.1, -0.05) is 73.5 Å². The van der Waals surface area contributed by atoms with E-state index in [9.17, 15) is 0 Å². The normalized spacial score (nSPS) is 39.7. The molecule has 2 aromatic rings. The zero-order valence-electron chi connectivity index (χ0n) is 18.9. The summed E-state index contributed by atoms with van der Waals surface area (Å²) in [5.74, 6) is 5.54. The van der Waals surface area contributed by atoms with Crippen molar-refractivity contribution in [3.63, 3.8) is 0 Å². The molecule has 0 radical (unpaired) electrons. The molecule has 0 heterocycles. The molecule has 0 aromatic heterocycles. The van der Waals surface area contributed by atoms with Crippen molar-refractivity contribution in [2.45, 2.75) is 86.5 Å². The zero-order chi connectivity index (χ0) is 20.6. The van der Waals surface area contributed by atoms with Crippen LogP contribution in [-0.2, 0) is 0 Å². The summed E-state index contributed by atoms with van der Waals surface area (Å²) in [5.41, 5.74) is 3.25. The monoisotopic (exact) mass is 430 g/mol. The third-order valence-electron chi connectivity index (χ3n) is 9.57. The molecule has 0 nitrogen and oxygen atoms in total. The van der Waals surface area contributed by atoms with Crippen molar-refractivity contribution in [1.29, 1.82) is 0 Å². The van der Waals surface area contributed by atoms with Crippen LogP contribution in [0.3, 0.4) is 0 Å². The minimum Gasteiger partial charge on any atom is -0.155 e. The molecule has 4 aliphatic carbocycles. The largest absolute Gasteiger partial charge is 0.155 e. The molecule has 4 fully saturated rings. The Bertz CT molecular complexity index is 774. The van der Waals surface area contributed by atoms with Gasteiger partial charge in [0.2, 0.25) is 0 Å². The Labute approximate surface area is 193 Å². The molecule has 164 valence electrons. The highest BCUT2D eigenvalue weighted by Gasteiger charge is 2.47. The molecule has 8 atom stereocenters. The number of rotatable bonds is 4. The van der Waals surface area contributed by atoms with Crippen molar-refractivity contribution in [3.05, 3.63) is 71.8 Å². The summed E-state index contributed by atoms with van der Waals surface area (Å²) >= 11 is 2.49. The van der Waals surface area contributed by atoms with Crippen LogP contribution in [0.5, 0.6) is 0 Å². The van der Waals surface area contributed by atoms with Crippen LogP contribution in [-0.4, -0.2) is 10.5 Å². The highest BCUT2D eigenvalue weighted by molar-refractivity contribution is 8.00. The van der Waals surface area contributed by atoms with Crippen LogP contribution in [0.4, 0.5) is 0 Å². The summed E-state index contributed by atoms with van der Waals surface area (Å²) in [6.45, 7) is 0. The van der Waals surface area contributed by atoms with E-state index in [0.717, 1.165) is 46.0 Å². The molecule has 0 spiro atoms. The van der Waals surface area contributed by atoms with Crippen molar-refractivity contribution in [2.75, 3.05) is 0 Å². The second-order valence-corrected chi connectivity index (χ2v) is 12.4. The SMILES string of the molecule is c1ccc(C2CCC3C(SC4CCCC5C(c6ccccc6)CCC45)CCCC23)cc1. The van der Waals surface area contributed by atoms with Crippen LogP contribution in [0.15, 0.2) is 60.7 Å². The first-order valence-corrected chi connectivity index (χ1v) is 14.1. The fourth-order valence-corrected chi connectivity index (χ4v) is 10.4. The Kier molecular flexibility index (Phi) is 5.90. The Balaban J connectivity index is 1.15. The van der Waals surface area contributed by atoms with E-state index < -0.39 is 0 Å². The van der Waals surface area contributed by atoms with E-state index in [0.29, 0.717) is 0 Å². The molecular formula is C30H38S. The molecular weight excluding hydrogens is 392 g/mol. The Hall–Kier alpha value is -1.21. The number of thioether (sulfide) groups is 1. The first-order valence-electron chi connectivity index (χ1n) is 13.1. The molecule has 4 saturated carbocycles. The van der Waals surface area contributed by atoms with Gasteiger partial charge in [-0.25, -0.2) is 0 Å². The van der Waals surface area contributed by atoms with Gasteiger partial charge in [-0.15, -0.1) is 0 Å². The minimum atomic E-state index is 0.836. The van der Waals surface area contributed by atoms with E-state index in [1.165, 1.54) is 64.2 Å². The lowest BCUT2D eigenvalue weighted by Crippen LogP contribution is -2.34. The Morgan fingerprint density at radius 2 is 0.903 bits per heavy atom. The smallest absolute Gasteiger partial charge is 0.00810 e. The molecule has 0 amide bonds. The van der Waals surface area contributed by atoms with E-state index in [-0.39, 0.29) is 0 Å². The highest BCUT2D eigenvalue weighted by atomic mass is 32.2. The topological polar surface area (TPSA) is 0 Å². The third kappa shape index (κ3) is 3.90. The van der Waals surface area contributed by atoms with E-state index in [1.807, 2.05) is 0 Å². The second kappa shape index (κ2) is 8.97. The van der Waals surface area contributed by atoms with Crippen LogP contribution in [0, 0.1) is 23.7 Å². The maximum Gasteiger partial charge on any atom is 0.00810 e. The number of benzene rings is 2. The first kappa shape index (κ1) is 20.4. The van der Waals surface area contributed by atoms with Gasteiger partial charge in [0.15, 0.2) is 0 Å². The molecule has 31 heavy (non-hydrogen) atoms. The van der Waals surface area contributed by atoms with Crippen LogP contribution in [0.25, 0.3) is 0 Å². The van der Waals surface area contributed by atoms with Crippen molar-refractivity contribution in [3.8, 4) is 0 Å². The number of fused-ring (bicyclic) bond motifs is 2. The van der Waals surface area contributed by atoms with Gasteiger partial charge < -0.3 is 0 Å². The van der Waals surface area contributed by atoms with E-state index >= 15 is 0 Å². The van der Waals surface area contributed by atoms with Crippen LogP contribution in [0.2, 0.25) is 0 Å². The molecule has 1 heteroatoms. The van der Waals surface area contributed by atoms with Crippen molar-refractivity contribution in [2.24, 2.45) is 23.7 Å². The quantitative estimate of drug-likeness (QED) is 0.469. The summed E-state index contributed by atoms with van der Waals surface area (Å²) in [7, 11) is 0. The first-order chi connectivity index (χ1) is 15.4. The summed E-state index contributed by atoms with van der Waals surface area (Å²) in [5, 5.41) is 1.87. The summed E-state index contributed by atoms with van der Waals surface area (Å²) < 4.78 is 0. The molecule has 0 aliphatic heterocycles. The Morgan fingerprint density at radius 3 is 1.35 bits per heavy atom. The maximum atomic E-state index is 2.49. The molecule has 6 rings (SSSR count). The van der Waals surface area contributed by atoms with E-state index in [2.05, 4.69) is 72.4 Å². The summed E-state index contributed by atoms with van der Waals surface area (Å²) in [6, 6.07) is 23.0. The lowest BCUT2D eigenvalue weighted by Gasteiger charge is -2.42. The fraction of sp³-hybridized carbons (Fsp3) is 0.600.